The Morgan fingerprint density at radius 3 is 3.12 bits per heavy atom. The van der Waals surface area contributed by atoms with Gasteiger partial charge in [-0.1, -0.05) is 6.92 Å². The van der Waals surface area contributed by atoms with Gasteiger partial charge in [-0.25, -0.2) is 4.98 Å². The summed E-state index contributed by atoms with van der Waals surface area (Å²) in [5.74, 6) is 0.0413. The van der Waals surface area contributed by atoms with Gasteiger partial charge >= 0.3 is 0 Å². The lowest BCUT2D eigenvalue weighted by molar-refractivity contribution is -0.116. The summed E-state index contributed by atoms with van der Waals surface area (Å²) < 4.78 is 1.95. The Hall–Kier alpha value is -1.84. The number of hydrogen-bond acceptors (Lipinski definition) is 2. The molecule has 0 aromatic carbocycles. The molecule has 0 atom stereocenters. The molecule has 0 unspecified atom stereocenters. The van der Waals surface area contributed by atoms with Crippen molar-refractivity contribution in [3.05, 3.63) is 24.5 Å². The summed E-state index contributed by atoms with van der Waals surface area (Å²) in [5, 5.41) is 3.87. The summed E-state index contributed by atoms with van der Waals surface area (Å²) in [6, 6.07) is 3.92. The van der Waals surface area contributed by atoms with Crippen LogP contribution in [-0.2, 0) is 11.8 Å². The highest BCUT2D eigenvalue weighted by Crippen LogP contribution is 2.17. The molecular weight excluding hydrogens is 202 g/mol. The number of carbonyl (C=O) groups is 1. The first-order valence-electron chi connectivity index (χ1n) is 5.41. The fourth-order valence-electron chi connectivity index (χ4n) is 1.67. The van der Waals surface area contributed by atoms with Gasteiger partial charge in [0.05, 0.1) is 11.9 Å². The molecule has 0 aliphatic heterocycles. The van der Waals surface area contributed by atoms with Crippen molar-refractivity contribution >= 4 is 22.6 Å². The first-order valence-corrected chi connectivity index (χ1v) is 5.41. The number of hydrogen-bond donors (Lipinski definition) is 1. The Kier molecular flexibility index (Phi) is 2.90. The number of anilines is 1. The highest BCUT2D eigenvalue weighted by Gasteiger charge is 2.04. The summed E-state index contributed by atoms with van der Waals surface area (Å²) in [4.78, 5) is 15.7. The van der Waals surface area contributed by atoms with E-state index in [1.54, 1.807) is 6.20 Å². The van der Waals surface area contributed by atoms with E-state index < -0.39 is 0 Å². The van der Waals surface area contributed by atoms with E-state index in [1.807, 2.05) is 36.9 Å². The van der Waals surface area contributed by atoms with Gasteiger partial charge in [-0.3, -0.25) is 4.79 Å². The Morgan fingerprint density at radius 2 is 2.38 bits per heavy atom. The number of carbonyl (C=O) groups excluding carboxylic acids is 1. The van der Waals surface area contributed by atoms with Gasteiger partial charge in [-0.15, -0.1) is 0 Å². The van der Waals surface area contributed by atoms with Crippen LogP contribution in [0.5, 0.6) is 0 Å². The van der Waals surface area contributed by atoms with Gasteiger partial charge in [0.1, 0.15) is 5.65 Å². The Bertz CT molecular complexity index is 516. The summed E-state index contributed by atoms with van der Waals surface area (Å²) in [6.07, 6.45) is 5.05. The zero-order chi connectivity index (χ0) is 11.5. The summed E-state index contributed by atoms with van der Waals surface area (Å²) in [6.45, 7) is 1.98. The molecule has 0 saturated carbocycles. The maximum atomic E-state index is 11.4. The second-order valence-electron chi connectivity index (χ2n) is 3.86. The number of aromatic nitrogens is 2. The molecule has 4 nitrogen and oxygen atoms in total. The van der Waals surface area contributed by atoms with E-state index in [-0.39, 0.29) is 5.91 Å². The quantitative estimate of drug-likeness (QED) is 0.857. The van der Waals surface area contributed by atoms with Crippen molar-refractivity contribution in [1.82, 2.24) is 9.55 Å². The largest absolute Gasteiger partial charge is 0.336 e. The van der Waals surface area contributed by atoms with E-state index in [4.69, 9.17) is 0 Å². The van der Waals surface area contributed by atoms with Crippen molar-refractivity contribution in [3.63, 3.8) is 0 Å². The number of aryl methyl sites for hydroxylation is 1. The molecule has 1 N–H and O–H groups in total. The summed E-state index contributed by atoms with van der Waals surface area (Å²) >= 11 is 0. The van der Waals surface area contributed by atoms with Crippen molar-refractivity contribution < 1.29 is 4.79 Å². The normalized spacial score (nSPS) is 10.6. The van der Waals surface area contributed by atoms with Crippen LogP contribution >= 0.6 is 0 Å². The van der Waals surface area contributed by atoms with Crippen molar-refractivity contribution in [3.8, 4) is 0 Å². The molecule has 2 aromatic rings. The van der Waals surface area contributed by atoms with Crippen molar-refractivity contribution in [2.75, 3.05) is 5.32 Å². The van der Waals surface area contributed by atoms with Gasteiger partial charge in [-0.05, 0) is 18.6 Å². The monoisotopic (exact) mass is 217 g/mol. The second kappa shape index (κ2) is 4.35. The van der Waals surface area contributed by atoms with Gasteiger partial charge in [0.2, 0.25) is 5.91 Å². The van der Waals surface area contributed by atoms with Crippen molar-refractivity contribution in [2.45, 2.75) is 19.8 Å². The van der Waals surface area contributed by atoms with Crippen LogP contribution in [0.1, 0.15) is 19.8 Å². The van der Waals surface area contributed by atoms with Gasteiger partial charge in [0.25, 0.3) is 0 Å². The van der Waals surface area contributed by atoms with Crippen LogP contribution in [0.15, 0.2) is 24.5 Å². The van der Waals surface area contributed by atoms with Crippen molar-refractivity contribution in [2.24, 2.45) is 7.05 Å². The van der Waals surface area contributed by atoms with Gasteiger partial charge in [0.15, 0.2) is 0 Å². The van der Waals surface area contributed by atoms with Crippen LogP contribution < -0.4 is 5.32 Å². The van der Waals surface area contributed by atoms with Gasteiger partial charge in [0, 0.05) is 25.1 Å². The molecule has 2 heterocycles. The molecular formula is C12H15N3O. The van der Waals surface area contributed by atoms with E-state index in [0.717, 1.165) is 23.1 Å². The van der Waals surface area contributed by atoms with E-state index in [1.165, 1.54) is 0 Å². The summed E-state index contributed by atoms with van der Waals surface area (Å²) in [5.41, 5.74) is 1.69. The van der Waals surface area contributed by atoms with Crippen LogP contribution in [0.25, 0.3) is 11.0 Å². The minimum absolute atomic E-state index is 0.0413. The number of fused-ring (bicyclic) bond motifs is 1. The first-order chi connectivity index (χ1) is 7.70. The molecule has 0 fully saturated rings. The molecule has 0 spiro atoms. The van der Waals surface area contributed by atoms with Crippen molar-refractivity contribution in [1.29, 1.82) is 0 Å². The molecule has 0 aliphatic carbocycles. The number of nitrogens with one attached hydrogen (secondary N) is 1. The minimum Gasteiger partial charge on any atom is -0.336 e. The van der Waals surface area contributed by atoms with E-state index in [0.29, 0.717) is 6.42 Å². The molecule has 0 aliphatic rings. The number of rotatable bonds is 3. The maximum absolute atomic E-state index is 11.4. The fraction of sp³-hybridized carbons (Fsp3) is 0.333. The van der Waals surface area contributed by atoms with E-state index in [2.05, 4.69) is 10.3 Å². The lowest BCUT2D eigenvalue weighted by Gasteiger charge is -2.04. The number of amides is 1. The Labute approximate surface area is 94.3 Å². The van der Waals surface area contributed by atoms with Crippen LogP contribution in [0.3, 0.4) is 0 Å². The Balaban J connectivity index is 2.23. The summed E-state index contributed by atoms with van der Waals surface area (Å²) in [7, 11) is 1.95. The third-order valence-electron chi connectivity index (χ3n) is 2.47. The van der Waals surface area contributed by atoms with Crippen LogP contribution in [0, 0.1) is 0 Å². The molecule has 84 valence electrons. The SMILES string of the molecule is CCCC(=O)Nc1cnc2c(ccn2C)c1. The van der Waals surface area contributed by atoms with Crippen LogP contribution in [-0.4, -0.2) is 15.5 Å². The molecule has 2 aromatic heterocycles. The van der Waals surface area contributed by atoms with Gasteiger partial charge < -0.3 is 9.88 Å². The maximum Gasteiger partial charge on any atom is 0.224 e. The smallest absolute Gasteiger partial charge is 0.224 e. The number of pyridine rings is 1. The van der Waals surface area contributed by atoms with E-state index >= 15 is 0 Å². The third-order valence-corrected chi connectivity index (χ3v) is 2.47. The Morgan fingerprint density at radius 1 is 1.56 bits per heavy atom. The molecule has 2 rings (SSSR count). The van der Waals surface area contributed by atoms with E-state index in [9.17, 15) is 4.79 Å². The van der Waals surface area contributed by atoms with Crippen LogP contribution in [0.4, 0.5) is 5.69 Å². The zero-order valence-corrected chi connectivity index (χ0v) is 9.53. The molecule has 4 heteroatoms. The minimum atomic E-state index is 0.0413. The predicted octanol–water partition coefficient (Wildman–Crippen LogP) is 2.31. The highest BCUT2D eigenvalue weighted by molar-refractivity contribution is 5.92. The second-order valence-corrected chi connectivity index (χ2v) is 3.86. The van der Waals surface area contributed by atoms with Gasteiger partial charge in [-0.2, -0.15) is 0 Å². The predicted molar refractivity (Wildman–Crippen MR) is 64.3 cm³/mol. The molecule has 0 bridgehead atoms. The fourth-order valence-corrected chi connectivity index (χ4v) is 1.67. The lowest BCUT2D eigenvalue weighted by atomic mass is 10.3. The lowest BCUT2D eigenvalue weighted by Crippen LogP contribution is -2.10. The number of nitrogens with zero attached hydrogens (tertiary/aromatic N) is 2. The molecule has 1 amide bonds. The zero-order valence-electron chi connectivity index (χ0n) is 9.53. The molecule has 0 radical (unpaired) electrons. The average molecular weight is 217 g/mol. The van der Waals surface area contributed by atoms with Crippen LogP contribution in [0.2, 0.25) is 0 Å². The highest BCUT2D eigenvalue weighted by atomic mass is 16.1. The first kappa shape index (κ1) is 10.7. The topological polar surface area (TPSA) is 46.9 Å². The molecule has 16 heavy (non-hydrogen) atoms. The standard InChI is InChI=1S/C12H15N3O/c1-3-4-11(16)14-10-7-9-5-6-15(2)12(9)13-8-10/h5-8H,3-4H2,1-2H3,(H,14,16). The average Bonchev–Trinajstić information content (AvgIpc) is 2.60. The third kappa shape index (κ3) is 2.05. The molecule has 0 saturated heterocycles.